The molecule has 0 aromatic heterocycles. The lowest BCUT2D eigenvalue weighted by Gasteiger charge is -2.36. The Morgan fingerprint density at radius 1 is 0.850 bits per heavy atom. The van der Waals surface area contributed by atoms with Gasteiger partial charge >= 0.3 is 0 Å². The number of anilines is 2. The fourth-order valence-electron chi connectivity index (χ4n) is 7.35. The summed E-state index contributed by atoms with van der Waals surface area (Å²) in [6.07, 6.45) is 4.78. The minimum absolute atomic E-state index is 0.387. The van der Waals surface area contributed by atoms with Crippen molar-refractivity contribution in [1.82, 2.24) is 10.2 Å². The molecule has 3 aromatic rings. The standard InChI is InChI=1S/C35H46N4O/c1-25-5-9-32(20-30(25)22-36-3)39-19-18-37(24-39)23-27-14-16-38(17-15-27)31-10-7-28(8-11-31)35-26(2)4-6-29-21-33(40)12-13-34(29)35/h5,7-13,20-21,26-27,35-36,40H,4,6,14-19,22-24H2,1-3H3. The molecule has 2 fully saturated rings. The molecule has 5 nitrogen and oxygen atoms in total. The highest BCUT2D eigenvalue weighted by Crippen LogP contribution is 2.42. The lowest BCUT2D eigenvalue weighted by molar-refractivity contribution is 0.251. The summed E-state index contributed by atoms with van der Waals surface area (Å²) in [6, 6.07) is 22.3. The summed E-state index contributed by atoms with van der Waals surface area (Å²) in [5, 5.41) is 13.3. The molecule has 6 rings (SSSR count). The van der Waals surface area contributed by atoms with Gasteiger partial charge in [-0.2, -0.15) is 0 Å². The van der Waals surface area contributed by atoms with E-state index in [0.29, 0.717) is 17.6 Å². The summed E-state index contributed by atoms with van der Waals surface area (Å²) >= 11 is 0. The van der Waals surface area contributed by atoms with E-state index < -0.39 is 0 Å². The van der Waals surface area contributed by atoms with Crippen LogP contribution in [0.3, 0.4) is 0 Å². The highest BCUT2D eigenvalue weighted by molar-refractivity contribution is 5.52. The Bertz CT molecular complexity index is 1300. The summed E-state index contributed by atoms with van der Waals surface area (Å²) in [5.41, 5.74) is 9.60. The summed E-state index contributed by atoms with van der Waals surface area (Å²) < 4.78 is 0. The average molecular weight is 539 g/mol. The van der Waals surface area contributed by atoms with E-state index in [2.05, 4.69) is 82.4 Å². The third-order valence-corrected chi connectivity index (χ3v) is 9.77. The van der Waals surface area contributed by atoms with E-state index in [1.54, 1.807) is 0 Å². The molecule has 0 saturated carbocycles. The van der Waals surface area contributed by atoms with Gasteiger partial charge in [0.15, 0.2) is 0 Å². The van der Waals surface area contributed by atoms with Crippen LogP contribution in [0.5, 0.6) is 5.75 Å². The zero-order valence-electron chi connectivity index (χ0n) is 24.6. The first-order valence-electron chi connectivity index (χ1n) is 15.4. The van der Waals surface area contributed by atoms with Crippen molar-refractivity contribution < 1.29 is 5.11 Å². The molecule has 40 heavy (non-hydrogen) atoms. The van der Waals surface area contributed by atoms with Crippen LogP contribution in [0.1, 0.15) is 59.9 Å². The van der Waals surface area contributed by atoms with Crippen LogP contribution in [0.15, 0.2) is 60.7 Å². The van der Waals surface area contributed by atoms with Crippen molar-refractivity contribution in [3.05, 3.63) is 88.5 Å². The van der Waals surface area contributed by atoms with Crippen LogP contribution in [0.2, 0.25) is 0 Å². The Balaban J connectivity index is 1.02. The molecular formula is C35H46N4O. The van der Waals surface area contributed by atoms with E-state index in [9.17, 15) is 5.11 Å². The number of nitrogens with zero attached hydrogens (tertiary/aromatic N) is 3. The Hall–Kier alpha value is -3.02. The van der Waals surface area contributed by atoms with Crippen molar-refractivity contribution in [3.63, 3.8) is 0 Å². The van der Waals surface area contributed by atoms with Crippen molar-refractivity contribution in [1.29, 1.82) is 0 Å². The maximum atomic E-state index is 9.97. The van der Waals surface area contributed by atoms with Crippen LogP contribution in [0.25, 0.3) is 0 Å². The van der Waals surface area contributed by atoms with Crippen LogP contribution in [-0.4, -0.2) is 56.4 Å². The summed E-state index contributed by atoms with van der Waals surface area (Å²) in [6.45, 7) is 12.4. The number of rotatable bonds is 7. The first-order chi connectivity index (χ1) is 19.5. The lowest BCUT2D eigenvalue weighted by atomic mass is 9.72. The van der Waals surface area contributed by atoms with Crippen molar-refractivity contribution in [2.75, 3.05) is 56.2 Å². The maximum absolute atomic E-state index is 9.97. The van der Waals surface area contributed by atoms with Crippen molar-refractivity contribution in [2.45, 2.75) is 52.0 Å². The predicted octanol–water partition coefficient (Wildman–Crippen LogP) is 6.13. The number of hydrogen-bond donors (Lipinski definition) is 2. The molecule has 2 saturated heterocycles. The molecule has 2 aliphatic heterocycles. The molecule has 0 bridgehead atoms. The molecule has 5 heteroatoms. The highest BCUT2D eigenvalue weighted by Gasteiger charge is 2.29. The Kier molecular flexibility index (Phi) is 8.04. The minimum atomic E-state index is 0.387. The predicted molar refractivity (Wildman–Crippen MR) is 167 cm³/mol. The number of phenols is 1. The molecule has 2 unspecified atom stereocenters. The van der Waals surface area contributed by atoms with Gasteiger partial charge in [-0.25, -0.2) is 0 Å². The van der Waals surface area contributed by atoms with Gasteiger partial charge in [-0.15, -0.1) is 0 Å². The quantitative estimate of drug-likeness (QED) is 0.379. The first-order valence-corrected chi connectivity index (χ1v) is 15.4. The van der Waals surface area contributed by atoms with E-state index in [0.717, 1.165) is 45.2 Å². The topological polar surface area (TPSA) is 42.0 Å². The fraction of sp³-hybridized carbons (Fsp3) is 0.486. The Morgan fingerprint density at radius 2 is 1.62 bits per heavy atom. The summed E-state index contributed by atoms with van der Waals surface area (Å²) in [7, 11) is 2.02. The monoisotopic (exact) mass is 538 g/mol. The van der Waals surface area contributed by atoms with Crippen LogP contribution in [-0.2, 0) is 13.0 Å². The highest BCUT2D eigenvalue weighted by atomic mass is 16.3. The Morgan fingerprint density at radius 3 is 2.40 bits per heavy atom. The molecule has 1 aliphatic carbocycles. The van der Waals surface area contributed by atoms with Crippen LogP contribution in [0, 0.1) is 18.8 Å². The van der Waals surface area contributed by atoms with Gasteiger partial charge in [0.25, 0.3) is 0 Å². The lowest BCUT2D eigenvalue weighted by Crippen LogP contribution is -2.38. The van der Waals surface area contributed by atoms with Crippen molar-refractivity contribution in [2.24, 2.45) is 11.8 Å². The van der Waals surface area contributed by atoms with Gasteiger partial charge in [0.2, 0.25) is 0 Å². The van der Waals surface area contributed by atoms with Gasteiger partial charge in [-0.1, -0.05) is 31.2 Å². The van der Waals surface area contributed by atoms with Gasteiger partial charge in [0, 0.05) is 56.6 Å². The molecule has 2 N–H and O–H groups in total. The largest absolute Gasteiger partial charge is 0.508 e. The van der Waals surface area contributed by atoms with Crippen LogP contribution in [0.4, 0.5) is 11.4 Å². The molecule has 3 aliphatic rings. The number of fused-ring (bicyclic) bond motifs is 1. The van der Waals surface area contributed by atoms with Crippen molar-refractivity contribution >= 4 is 11.4 Å². The second-order valence-corrected chi connectivity index (χ2v) is 12.5. The number of piperidine rings is 1. The smallest absolute Gasteiger partial charge is 0.115 e. The second-order valence-electron chi connectivity index (χ2n) is 12.5. The summed E-state index contributed by atoms with van der Waals surface area (Å²) in [4.78, 5) is 7.79. The molecule has 212 valence electrons. The van der Waals surface area contributed by atoms with E-state index in [1.165, 1.54) is 71.5 Å². The molecule has 2 atom stereocenters. The van der Waals surface area contributed by atoms with Crippen molar-refractivity contribution in [3.8, 4) is 5.75 Å². The van der Waals surface area contributed by atoms with Crippen LogP contribution >= 0.6 is 0 Å². The molecular weight excluding hydrogens is 492 g/mol. The van der Waals surface area contributed by atoms with E-state index in [4.69, 9.17) is 0 Å². The number of benzene rings is 3. The molecule has 0 radical (unpaired) electrons. The summed E-state index contributed by atoms with van der Waals surface area (Å²) in [5.74, 6) is 2.20. The van der Waals surface area contributed by atoms with Gasteiger partial charge < -0.3 is 20.2 Å². The third-order valence-electron chi connectivity index (χ3n) is 9.77. The number of aryl methyl sites for hydroxylation is 2. The van der Waals surface area contributed by atoms with Gasteiger partial charge in [-0.05, 0) is 116 Å². The van der Waals surface area contributed by atoms with E-state index in [1.807, 2.05) is 19.2 Å². The third kappa shape index (κ3) is 5.73. The first kappa shape index (κ1) is 27.2. The normalized spacial score (nSPS) is 22.1. The van der Waals surface area contributed by atoms with Gasteiger partial charge in [0.1, 0.15) is 5.75 Å². The van der Waals surface area contributed by atoms with Gasteiger partial charge in [0.05, 0.1) is 6.67 Å². The number of phenolic OH excluding ortho intramolecular Hbond substituents is 1. The molecule has 2 heterocycles. The SMILES string of the molecule is CNCc1cc(N2CCN(CC3CCN(c4ccc(C5c6ccc(O)cc6CCC5C)cc4)CC3)C2)ccc1C. The number of hydrogen-bond acceptors (Lipinski definition) is 5. The zero-order valence-corrected chi connectivity index (χ0v) is 24.6. The fourth-order valence-corrected chi connectivity index (χ4v) is 7.35. The second kappa shape index (κ2) is 11.8. The molecule has 3 aromatic carbocycles. The average Bonchev–Trinajstić information content (AvgIpc) is 3.43. The van der Waals surface area contributed by atoms with Gasteiger partial charge in [-0.3, -0.25) is 4.90 Å². The maximum Gasteiger partial charge on any atom is 0.115 e. The molecule has 0 spiro atoms. The number of nitrogens with one attached hydrogen (secondary N) is 1. The molecule has 0 amide bonds. The minimum Gasteiger partial charge on any atom is -0.508 e. The van der Waals surface area contributed by atoms with E-state index >= 15 is 0 Å². The van der Waals surface area contributed by atoms with E-state index in [-0.39, 0.29) is 0 Å². The zero-order chi connectivity index (χ0) is 27.6. The van der Waals surface area contributed by atoms with Crippen LogP contribution < -0.4 is 15.1 Å². The number of aromatic hydroxyl groups is 1. The Labute approximate surface area is 240 Å².